The van der Waals surface area contributed by atoms with E-state index in [1.807, 2.05) is 0 Å². The number of furan rings is 1. The van der Waals surface area contributed by atoms with Crippen molar-refractivity contribution in [2.24, 2.45) is 0 Å². The van der Waals surface area contributed by atoms with Crippen LogP contribution in [0.4, 0.5) is 0 Å². The zero-order valence-electron chi connectivity index (χ0n) is 8.64. The van der Waals surface area contributed by atoms with Gasteiger partial charge in [0.25, 0.3) is 5.91 Å². The van der Waals surface area contributed by atoms with Crippen molar-refractivity contribution in [3.05, 3.63) is 24.1 Å². The van der Waals surface area contributed by atoms with Crippen LogP contribution < -0.4 is 0 Å². The van der Waals surface area contributed by atoms with E-state index >= 15 is 0 Å². The molecule has 0 bridgehead atoms. The molecule has 0 unspecified atom stereocenters. The third-order valence-electron chi connectivity index (χ3n) is 2.92. The lowest BCUT2D eigenvalue weighted by Gasteiger charge is -2.13. The highest BCUT2D eigenvalue weighted by Crippen LogP contribution is 2.19. The average molecular weight is 220 g/mol. The molecule has 2 aromatic heterocycles. The van der Waals surface area contributed by atoms with Gasteiger partial charge in [-0.2, -0.15) is 0 Å². The summed E-state index contributed by atoms with van der Waals surface area (Å²) in [5.74, 6) is -0.0806. The van der Waals surface area contributed by atoms with Crippen LogP contribution in [0.15, 0.2) is 22.8 Å². The number of H-pyrrole nitrogens is 1. The normalized spacial score (nSPS) is 20.8. The predicted molar refractivity (Wildman–Crippen MR) is 57.1 cm³/mol. The van der Waals surface area contributed by atoms with Gasteiger partial charge in [-0.25, -0.2) is 0 Å². The number of likely N-dealkylation sites (tertiary alicyclic amines) is 1. The number of amides is 1. The second kappa shape index (κ2) is 3.38. The summed E-state index contributed by atoms with van der Waals surface area (Å²) < 4.78 is 5.18. The molecule has 5 heteroatoms. The lowest BCUT2D eigenvalue weighted by Crippen LogP contribution is -2.29. The molecule has 84 valence electrons. The zero-order chi connectivity index (χ0) is 11.1. The van der Waals surface area contributed by atoms with Crippen molar-refractivity contribution in [1.29, 1.82) is 0 Å². The van der Waals surface area contributed by atoms with E-state index in [1.165, 1.54) is 0 Å². The van der Waals surface area contributed by atoms with Gasteiger partial charge in [0.15, 0.2) is 5.58 Å². The third kappa shape index (κ3) is 1.40. The predicted octanol–water partition coefficient (Wildman–Crippen LogP) is 0.968. The fourth-order valence-electron chi connectivity index (χ4n) is 2.06. The molecule has 5 nitrogen and oxygen atoms in total. The largest absolute Gasteiger partial charge is 0.463 e. The number of hydrogen-bond donors (Lipinski definition) is 2. The molecule has 1 atom stereocenters. The number of carbonyl (C=O) groups excluding carboxylic acids is 1. The van der Waals surface area contributed by atoms with Crippen LogP contribution in [0.25, 0.3) is 11.1 Å². The molecule has 0 aromatic carbocycles. The minimum Gasteiger partial charge on any atom is -0.463 e. The number of aliphatic hydroxyl groups is 1. The second-order valence-corrected chi connectivity index (χ2v) is 4.08. The van der Waals surface area contributed by atoms with Crippen molar-refractivity contribution in [3.63, 3.8) is 0 Å². The van der Waals surface area contributed by atoms with Crippen molar-refractivity contribution >= 4 is 17.0 Å². The Labute approximate surface area is 91.7 Å². The summed E-state index contributed by atoms with van der Waals surface area (Å²) in [5, 5.41) is 9.37. The molecule has 1 aliphatic rings. The highest BCUT2D eigenvalue weighted by atomic mass is 16.3. The SMILES string of the molecule is O=C(c1cc2occc2[nH]1)N1CC[C@H](O)C1. The second-order valence-electron chi connectivity index (χ2n) is 4.08. The number of aromatic nitrogens is 1. The first-order chi connectivity index (χ1) is 7.74. The molecule has 3 rings (SSSR count). The number of fused-ring (bicyclic) bond motifs is 1. The van der Waals surface area contributed by atoms with Gasteiger partial charge >= 0.3 is 0 Å². The molecule has 0 saturated carbocycles. The number of hydrogen-bond acceptors (Lipinski definition) is 3. The van der Waals surface area contributed by atoms with Crippen LogP contribution in [0.1, 0.15) is 16.9 Å². The Morgan fingerprint density at radius 1 is 1.62 bits per heavy atom. The van der Waals surface area contributed by atoms with E-state index in [0.717, 1.165) is 5.52 Å². The van der Waals surface area contributed by atoms with Gasteiger partial charge in [-0.05, 0) is 6.42 Å². The molecule has 2 aromatic rings. The molecule has 1 fully saturated rings. The van der Waals surface area contributed by atoms with Gasteiger partial charge in [-0.3, -0.25) is 4.79 Å². The number of rotatable bonds is 1. The van der Waals surface area contributed by atoms with Crippen molar-refractivity contribution in [3.8, 4) is 0 Å². The molecule has 2 N–H and O–H groups in total. The van der Waals surface area contributed by atoms with Crippen LogP contribution in [0, 0.1) is 0 Å². The van der Waals surface area contributed by atoms with Crippen LogP contribution in [0.3, 0.4) is 0 Å². The first-order valence-electron chi connectivity index (χ1n) is 5.27. The first-order valence-corrected chi connectivity index (χ1v) is 5.27. The maximum absolute atomic E-state index is 12.0. The molecule has 1 saturated heterocycles. The van der Waals surface area contributed by atoms with E-state index in [2.05, 4.69) is 4.98 Å². The van der Waals surface area contributed by atoms with Gasteiger partial charge in [0.1, 0.15) is 5.69 Å². The molecule has 0 aliphatic carbocycles. The highest BCUT2D eigenvalue weighted by Gasteiger charge is 2.26. The van der Waals surface area contributed by atoms with Crippen molar-refractivity contribution in [2.45, 2.75) is 12.5 Å². The van der Waals surface area contributed by atoms with Crippen molar-refractivity contribution in [1.82, 2.24) is 9.88 Å². The minimum absolute atomic E-state index is 0.0806. The number of aliphatic hydroxyl groups excluding tert-OH is 1. The Bertz CT molecular complexity index is 500. The molecule has 1 aliphatic heterocycles. The quantitative estimate of drug-likeness (QED) is 0.752. The average Bonchev–Trinajstić information content (AvgIpc) is 2.89. The van der Waals surface area contributed by atoms with E-state index in [-0.39, 0.29) is 12.0 Å². The standard InChI is InChI=1S/C11H12N2O3/c14-7-1-3-13(6-7)11(15)9-5-10-8(12-9)2-4-16-10/h2,4-5,7,12,14H,1,3,6H2/t7-/m0/s1. The van der Waals surface area contributed by atoms with Crippen LogP contribution >= 0.6 is 0 Å². The van der Waals surface area contributed by atoms with Gasteiger partial charge in [0, 0.05) is 25.2 Å². The summed E-state index contributed by atoms with van der Waals surface area (Å²) in [6.45, 7) is 1.03. The monoisotopic (exact) mass is 220 g/mol. The Morgan fingerprint density at radius 2 is 2.50 bits per heavy atom. The molecule has 1 amide bonds. The van der Waals surface area contributed by atoms with Gasteiger partial charge in [-0.15, -0.1) is 0 Å². The summed E-state index contributed by atoms with van der Waals surface area (Å²) in [5.41, 5.74) is 2.02. The highest BCUT2D eigenvalue weighted by molar-refractivity contribution is 5.96. The zero-order valence-corrected chi connectivity index (χ0v) is 8.64. The van der Waals surface area contributed by atoms with E-state index in [0.29, 0.717) is 30.8 Å². The maximum Gasteiger partial charge on any atom is 0.270 e. The molecule has 16 heavy (non-hydrogen) atoms. The Balaban J connectivity index is 1.87. The number of nitrogens with zero attached hydrogens (tertiary/aromatic N) is 1. The van der Waals surface area contributed by atoms with Gasteiger partial charge in [0.2, 0.25) is 0 Å². The topological polar surface area (TPSA) is 69.5 Å². The minimum atomic E-state index is -0.387. The molecule has 3 heterocycles. The Kier molecular flexibility index (Phi) is 2.00. The van der Waals surface area contributed by atoms with E-state index < -0.39 is 0 Å². The number of carbonyl (C=O) groups is 1. The Morgan fingerprint density at radius 3 is 3.19 bits per heavy atom. The van der Waals surface area contributed by atoms with Crippen molar-refractivity contribution < 1.29 is 14.3 Å². The summed E-state index contributed by atoms with van der Waals surface area (Å²) in [6.07, 6.45) is 1.85. The van der Waals surface area contributed by atoms with Gasteiger partial charge in [-0.1, -0.05) is 0 Å². The van der Waals surface area contributed by atoms with Gasteiger partial charge in [0.05, 0.1) is 17.9 Å². The third-order valence-corrected chi connectivity index (χ3v) is 2.92. The molecular weight excluding hydrogens is 208 g/mol. The summed E-state index contributed by atoms with van der Waals surface area (Å²) in [4.78, 5) is 16.7. The Hall–Kier alpha value is -1.75. The number of β-amino-alcohol motifs (C(OH)–C–C–N with tert-alkyl or cyclic N) is 1. The lowest BCUT2D eigenvalue weighted by atomic mass is 10.3. The van der Waals surface area contributed by atoms with Crippen LogP contribution in [0.2, 0.25) is 0 Å². The maximum atomic E-state index is 12.0. The van der Waals surface area contributed by atoms with Crippen LogP contribution in [-0.2, 0) is 0 Å². The fourth-order valence-corrected chi connectivity index (χ4v) is 2.06. The first kappa shape index (κ1) is 9.47. The van der Waals surface area contributed by atoms with E-state index in [1.54, 1.807) is 23.3 Å². The molecule has 0 spiro atoms. The molecular formula is C11H12N2O3. The number of aromatic amines is 1. The summed E-state index contributed by atoms with van der Waals surface area (Å²) >= 11 is 0. The lowest BCUT2D eigenvalue weighted by molar-refractivity contribution is 0.0760. The van der Waals surface area contributed by atoms with Gasteiger partial charge < -0.3 is 19.4 Å². The number of nitrogens with one attached hydrogen (secondary N) is 1. The van der Waals surface area contributed by atoms with E-state index in [4.69, 9.17) is 4.42 Å². The summed E-state index contributed by atoms with van der Waals surface area (Å²) in [7, 11) is 0. The van der Waals surface area contributed by atoms with E-state index in [9.17, 15) is 9.90 Å². The van der Waals surface area contributed by atoms with Crippen LogP contribution in [0.5, 0.6) is 0 Å². The molecule has 0 radical (unpaired) electrons. The smallest absolute Gasteiger partial charge is 0.270 e. The van der Waals surface area contributed by atoms with Crippen LogP contribution in [-0.4, -0.2) is 40.1 Å². The van der Waals surface area contributed by atoms with Crippen molar-refractivity contribution in [2.75, 3.05) is 13.1 Å². The fraction of sp³-hybridized carbons (Fsp3) is 0.364. The summed E-state index contributed by atoms with van der Waals surface area (Å²) in [6, 6.07) is 3.48.